The number of ketones is 1. The summed E-state index contributed by atoms with van der Waals surface area (Å²) in [6.45, 7) is 1.70. The monoisotopic (exact) mass is 432 g/mol. The number of nitrogens with one attached hydrogen (secondary N) is 4. The van der Waals surface area contributed by atoms with Crippen molar-refractivity contribution in [3.05, 3.63) is 0 Å². The van der Waals surface area contributed by atoms with Crippen LogP contribution in [0.2, 0.25) is 0 Å². The van der Waals surface area contributed by atoms with Gasteiger partial charge in [-0.1, -0.05) is 0 Å². The fraction of sp³-hybridized carbons (Fsp3) is 0.647. The number of urea groups is 2. The summed E-state index contributed by atoms with van der Waals surface area (Å²) in [7, 11) is 0. The van der Waals surface area contributed by atoms with Crippen LogP contribution in [-0.2, 0) is 19.2 Å². The van der Waals surface area contributed by atoms with E-state index in [2.05, 4.69) is 21.3 Å². The smallest absolute Gasteiger partial charge is 0.326 e. The lowest BCUT2D eigenvalue weighted by Gasteiger charge is -2.15. The summed E-state index contributed by atoms with van der Waals surface area (Å²) >= 11 is 0. The maximum absolute atomic E-state index is 11.7. The molecule has 0 aliphatic rings. The van der Waals surface area contributed by atoms with Gasteiger partial charge in [-0.3, -0.25) is 14.4 Å². The van der Waals surface area contributed by atoms with E-state index in [4.69, 9.17) is 15.3 Å². The summed E-state index contributed by atoms with van der Waals surface area (Å²) in [4.78, 5) is 66.7. The zero-order valence-corrected chi connectivity index (χ0v) is 16.6. The van der Waals surface area contributed by atoms with Gasteiger partial charge < -0.3 is 36.6 Å². The van der Waals surface area contributed by atoms with Gasteiger partial charge in [0.1, 0.15) is 6.04 Å². The van der Waals surface area contributed by atoms with Gasteiger partial charge in [-0.2, -0.15) is 0 Å². The van der Waals surface area contributed by atoms with Crippen LogP contribution in [0.5, 0.6) is 0 Å². The van der Waals surface area contributed by atoms with Gasteiger partial charge in [0, 0.05) is 19.5 Å². The van der Waals surface area contributed by atoms with Gasteiger partial charge in [-0.25, -0.2) is 14.4 Å². The Morgan fingerprint density at radius 3 is 1.63 bits per heavy atom. The Labute approximate surface area is 172 Å². The standard InChI is InChI=1S/C17H28N4O9/c1-10(22)12(9-14(25)26)21-17(30)19-8-4-2-3-7-18-16(29)20-11(15(27)28)5-6-13(23)24/h11-12H,2-9H2,1H3,(H,23,24)(H,25,26)(H,27,28)(H2,18,20,29)(H2,19,21,30)/t11-,12-/m0/s1. The molecule has 7 N–H and O–H groups in total. The molecule has 30 heavy (non-hydrogen) atoms. The molecule has 0 aliphatic carbocycles. The average Bonchev–Trinajstić information content (AvgIpc) is 2.62. The third-order valence-electron chi connectivity index (χ3n) is 3.85. The minimum absolute atomic E-state index is 0.233. The van der Waals surface area contributed by atoms with E-state index in [1.54, 1.807) is 0 Å². The summed E-state index contributed by atoms with van der Waals surface area (Å²) in [5, 5.41) is 35.6. The predicted octanol–water partition coefficient (Wildman–Crippen LogP) is -0.495. The SMILES string of the molecule is CC(=O)[C@H](CC(=O)O)NC(=O)NCCCCCNC(=O)N[C@@H](CCC(=O)O)C(=O)O. The molecule has 0 aromatic rings. The molecule has 0 spiro atoms. The molecule has 0 aliphatic heterocycles. The quantitative estimate of drug-likeness (QED) is 0.166. The Kier molecular flexibility index (Phi) is 13.0. The van der Waals surface area contributed by atoms with Crippen molar-refractivity contribution in [2.45, 2.75) is 57.5 Å². The summed E-state index contributed by atoms with van der Waals surface area (Å²) < 4.78 is 0. The van der Waals surface area contributed by atoms with Crippen molar-refractivity contribution in [2.24, 2.45) is 0 Å². The second kappa shape index (κ2) is 14.6. The average molecular weight is 432 g/mol. The zero-order chi connectivity index (χ0) is 23.1. The molecule has 4 amide bonds. The van der Waals surface area contributed by atoms with E-state index < -0.39 is 54.3 Å². The molecule has 0 aromatic carbocycles. The molecule has 0 heterocycles. The lowest BCUT2D eigenvalue weighted by atomic mass is 10.1. The highest BCUT2D eigenvalue weighted by Gasteiger charge is 2.21. The highest BCUT2D eigenvalue weighted by molar-refractivity contribution is 5.90. The van der Waals surface area contributed by atoms with Gasteiger partial charge in [0.05, 0.1) is 12.5 Å². The topological polar surface area (TPSA) is 211 Å². The molecular formula is C17H28N4O9. The number of carboxylic acid groups (broad SMARTS) is 3. The second-order valence-corrected chi connectivity index (χ2v) is 6.45. The van der Waals surface area contributed by atoms with Crippen molar-refractivity contribution in [2.75, 3.05) is 13.1 Å². The van der Waals surface area contributed by atoms with Crippen LogP contribution in [0.3, 0.4) is 0 Å². The minimum Gasteiger partial charge on any atom is -0.481 e. The van der Waals surface area contributed by atoms with E-state index in [0.29, 0.717) is 19.3 Å². The van der Waals surface area contributed by atoms with Crippen molar-refractivity contribution < 1.29 is 44.1 Å². The van der Waals surface area contributed by atoms with Gasteiger partial charge in [0.15, 0.2) is 5.78 Å². The molecule has 2 atom stereocenters. The minimum atomic E-state index is -1.33. The molecule has 0 aromatic heterocycles. The molecule has 0 saturated carbocycles. The number of unbranched alkanes of at least 4 members (excludes halogenated alkanes) is 2. The maximum atomic E-state index is 11.7. The summed E-state index contributed by atoms with van der Waals surface area (Å²) in [6, 6.07) is -3.78. The van der Waals surface area contributed by atoms with E-state index >= 15 is 0 Å². The van der Waals surface area contributed by atoms with E-state index in [0.717, 1.165) is 0 Å². The zero-order valence-electron chi connectivity index (χ0n) is 16.6. The van der Waals surface area contributed by atoms with Crippen molar-refractivity contribution >= 4 is 35.8 Å². The first kappa shape index (κ1) is 26.6. The Bertz CT molecular complexity index is 639. The van der Waals surface area contributed by atoms with Crippen LogP contribution in [0.15, 0.2) is 0 Å². The van der Waals surface area contributed by atoms with Crippen molar-refractivity contribution in [1.29, 1.82) is 0 Å². The second-order valence-electron chi connectivity index (χ2n) is 6.45. The number of Topliss-reactive ketones (excluding diaryl/α,β-unsaturated/α-hetero) is 1. The van der Waals surface area contributed by atoms with Gasteiger partial charge in [-0.15, -0.1) is 0 Å². The predicted molar refractivity (Wildman–Crippen MR) is 102 cm³/mol. The van der Waals surface area contributed by atoms with Crippen LogP contribution < -0.4 is 21.3 Å². The number of rotatable bonds is 15. The summed E-state index contributed by atoms with van der Waals surface area (Å²) in [6.07, 6.45) is 0.586. The van der Waals surface area contributed by atoms with E-state index in [9.17, 15) is 28.8 Å². The molecule has 0 radical (unpaired) electrons. The molecule has 0 fully saturated rings. The number of amides is 4. The lowest BCUT2D eigenvalue weighted by Crippen LogP contribution is -2.46. The van der Waals surface area contributed by atoms with Crippen LogP contribution >= 0.6 is 0 Å². The molecular weight excluding hydrogens is 404 g/mol. The van der Waals surface area contributed by atoms with Crippen LogP contribution in [0.25, 0.3) is 0 Å². The van der Waals surface area contributed by atoms with E-state index in [1.165, 1.54) is 6.92 Å². The highest BCUT2D eigenvalue weighted by atomic mass is 16.4. The van der Waals surface area contributed by atoms with E-state index in [-0.39, 0.29) is 25.9 Å². The molecule has 0 saturated heterocycles. The van der Waals surface area contributed by atoms with Gasteiger partial charge in [0.25, 0.3) is 0 Å². The van der Waals surface area contributed by atoms with Crippen LogP contribution in [-0.4, -0.2) is 76.2 Å². The van der Waals surface area contributed by atoms with Gasteiger partial charge in [-0.05, 0) is 32.6 Å². The summed E-state index contributed by atoms with van der Waals surface area (Å²) in [5.41, 5.74) is 0. The van der Waals surface area contributed by atoms with E-state index in [1.807, 2.05) is 0 Å². The van der Waals surface area contributed by atoms with Crippen LogP contribution in [0.4, 0.5) is 9.59 Å². The summed E-state index contributed by atoms with van der Waals surface area (Å²) in [5.74, 6) is -4.16. The number of carbonyl (C=O) groups excluding carboxylic acids is 3. The number of hydrogen-bond acceptors (Lipinski definition) is 6. The Hall–Kier alpha value is -3.38. The fourth-order valence-corrected chi connectivity index (χ4v) is 2.25. The van der Waals surface area contributed by atoms with Gasteiger partial charge in [0.2, 0.25) is 0 Å². The van der Waals surface area contributed by atoms with Gasteiger partial charge >= 0.3 is 30.0 Å². The lowest BCUT2D eigenvalue weighted by molar-refractivity contribution is -0.141. The number of carbonyl (C=O) groups is 6. The Morgan fingerprint density at radius 1 is 0.733 bits per heavy atom. The number of hydrogen-bond donors (Lipinski definition) is 7. The Morgan fingerprint density at radius 2 is 1.23 bits per heavy atom. The first-order valence-electron chi connectivity index (χ1n) is 9.28. The molecule has 13 nitrogen and oxygen atoms in total. The number of aliphatic carboxylic acids is 3. The fourth-order valence-electron chi connectivity index (χ4n) is 2.25. The maximum Gasteiger partial charge on any atom is 0.326 e. The molecule has 0 bridgehead atoms. The van der Waals surface area contributed by atoms with Crippen molar-refractivity contribution in [3.63, 3.8) is 0 Å². The largest absolute Gasteiger partial charge is 0.481 e. The third-order valence-corrected chi connectivity index (χ3v) is 3.85. The van der Waals surface area contributed by atoms with Crippen LogP contribution in [0, 0.1) is 0 Å². The normalized spacial score (nSPS) is 12.2. The molecule has 13 heteroatoms. The molecule has 170 valence electrons. The molecule has 0 rings (SSSR count). The van der Waals surface area contributed by atoms with Crippen molar-refractivity contribution in [3.8, 4) is 0 Å². The van der Waals surface area contributed by atoms with Crippen LogP contribution in [0.1, 0.15) is 45.4 Å². The first-order chi connectivity index (χ1) is 14.0. The highest BCUT2D eigenvalue weighted by Crippen LogP contribution is 1.99. The first-order valence-corrected chi connectivity index (χ1v) is 9.28. The third kappa shape index (κ3) is 13.7. The number of carboxylic acids is 3. The van der Waals surface area contributed by atoms with Crippen molar-refractivity contribution in [1.82, 2.24) is 21.3 Å². The Balaban J connectivity index is 3.95. The molecule has 0 unspecified atom stereocenters.